The largest absolute Gasteiger partial charge is 0.326 e. The van der Waals surface area contributed by atoms with Gasteiger partial charge in [0.15, 0.2) is 0 Å². The SMILES string of the molecule is CC(C)(N)CCc1cccc(Br)c1. The molecule has 0 fully saturated rings. The molecule has 0 saturated heterocycles. The first-order valence-electron chi connectivity index (χ1n) is 4.51. The number of nitrogens with two attached hydrogens (primary N) is 1. The summed E-state index contributed by atoms with van der Waals surface area (Å²) in [6.45, 7) is 4.12. The van der Waals surface area contributed by atoms with Crippen molar-refractivity contribution in [2.45, 2.75) is 32.2 Å². The second kappa shape index (κ2) is 4.25. The Morgan fingerprint density at radius 2 is 2.08 bits per heavy atom. The van der Waals surface area contributed by atoms with Gasteiger partial charge in [-0.05, 0) is 44.4 Å². The Balaban J connectivity index is 2.55. The van der Waals surface area contributed by atoms with Crippen molar-refractivity contribution >= 4 is 15.9 Å². The number of benzene rings is 1. The topological polar surface area (TPSA) is 26.0 Å². The lowest BCUT2D eigenvalue weighted by Gasteiger charge is -2.17. The van der Waals surface area contributed by atoms with Crippen molar-refractivity contribution < 1.29 is 0 Å². The second-order valence-electron chi connectivity index (χ2n) is 4.12. The van der Waals surface area contributed by atoms with Crippen LogP contribution in [0.15, 0.2) is 28.7 Å². The van der Waals surface area contributed by atoms with Gasteiger partial charge in [0.25, 0.3) is 0 Å². The number of aryl methyl sites for hydroxylation is 1. The standard InChI is InChI=1S/C11H16BrN/c1-11(2,13)7-6-9-4-3-5-10(12)8-9/h3-5,8H,6-7,13H2,1-2H3. The van der Waals surface area contributed by atoms with Gasteiger partial charge in [-0.3, -0.25) is 0 Å². The van der Waals surface area contributed by atoms with Crippen LogP contribution in [0, 0.1) is 0 Å². The smallest absolute Gasteiger partial charge is 0.0177 e. The molecule has 0 saturated carbocycles. The zero-order chi connectivity index (χ0) is 9.90. The molecule has 0 amide bonds. The van der Waals surface area contributed by atoms with Crippen molar-refractivity contribution in [2.75, 3.05) is 0 Å². The monoisotopic (exact) mass is 241 g/mol. The van der Waals surface area contributed by atoms with Gasteiger partial charge in [-0.25, -0.2) is 0 Å². The van der Waals surface area contributed by atoms with Gasteiger partial charge < -0.3 is 5.73 Å². The third-order valence-corrected chi connectivity index (χ3v) is 2.44. The molecule has 0 aliphatic rings. The third-order valence-electron chi connectivity index (χ3n) is 1.95. The molecule has 0 aliphatic heterocycles. The van der Waals surface area contributed by atoms with Crippen LogP contribution in [0.4, 0.5) is 0 Å². The van der Waals surface area contributed by atoms with Crippen LogP contribution in [0.2, 0.25) is 0 Å². The van der Waals surface area contributed by atoms with E-state index in [0.717, 1.165) is 17.3 Å². The van der Waals surface area contributed by atoms with Crippen LogP contribution in [-0.4, -0.2) is 5.54 Å². The van der Waals surface area contributed by atoms with E-state index in [4.69, 9.17) is 5.73 Å². The fourth-order valence-corrected chi connectivity index (χ4v) is 1.61. The quantitative estimate of drug-likeness (QED) is 0.865. The second-order valence-corrected chi connectivity index (χ2v) is 5.03. The minimum atomic E-state index is -0.0671. The van der Waals surface area contributed by atoms with Crippen LogP contribution in [-0.2, 0) is 6.42 Å². The summed E-state index contributed by atoms with van der Waals surface area (Å²) in [7, 11) is 0. The minimum absolute atomic E-state index is 0.0671. The summed E-state index contributed by atoms with van der Waals surface area (Å²) < 4.78 is 1.14. The average molecular weight is 242 g/mol. The molecule has 1 rings (SSSR count). The van der Waals surface area contributed by atoms with E-state index < -0.39 is 0 Å². The maximum Gasteiger partial charge on any atom is 0.0177 e. The molecule has 2 N–H and O–H groups in total. The van der Waals surface area contributed by atoms with E-state index in [1.165, 1.54) is 5.56 Å². The van der Waals surface area contributed by atoms with Crippen LogP contribution >= 0.6 is 15.9 Å². The first kappa shape index (κ1) is 10.7. The van der Waals surface area contributed by atoms with E-state index in [2.05, 4.69) is 48.0 Å². The number of rotatable bonds is 3. The van der Waals surface area contributed by atoms with E-state index in [1.807, 2.05) is 6.07 Å². The summed E-state index contributed by atoms with van der Waals surface area (Å²) in [6.07, 6.45) is 2.06. The number of hydrogen-bond acceptors (Lipinski definition) is 1. The summed E-state index contributed by atoms with van der Waals surface area (Å²) in [6, 6.07) is 8.38. The molecule has 0 aliphatic carbocycles. The van der Waals surface area contributed by atoms with Crippen LogP contribution in [0.25, 0.3) is 0 Å². The van der Waals surface area contributed by atoms with Crippen LogP contribution < -0.4 is 5.73 Å². The molecular formula is C11H16BrN. The Bertz CT molecular complexity index is 276. The molecule has 13 heavy (non-hydrogen) atoms. The Labute approximate surface area is 88.5 Å². The fraction of sp³-hybridized carbons (Fsp3) is 0.455. The van der Waals surface area contributed by atoms with Crippen LogP contribution in [0.3, 0.4) is 0 Å². The molecule has 0 heterocycles. The molecular weight excluding hydrogens is 226 g/mol. The lowest BCUT2D eigenvalue weighted by molar-refractivity contribution is 0.477. The van der Waals surface area contributed by atoms with Gasteiger partial charge in [0.1, 0.15) is 0 Å². The van der Waals surface area contributed by atoms with Gasteiger partial charge in [-0.15, -0.1) is 0 Å². The van der Waals surface area contributed by atoms with Crippen molar-refractivity contribution in [3.05, 3.63) is 34.3 Å². The maximum atomic E-state index is 5.91. The van der Waals surface area contributed by atoms with Gasteiger partial charge in [-0.1, -0.05) is 28.1 Å². The van der Waals surface area contributed by atoms with Gasteiger partial charge >= 0.3 is 0 Å². The summed E-state index contributed by atoms with van der Waals surface area (Å²) >= 11 is 3.45. The first-order valence-corrected chi connectivity index (χ1v) is 5.30. The van der Waals surface area contributed by atoms with Crippen molar-refractivity contribution in [1.82, 2.24) is 0 Å². The van der Waals surface area contributed by atoms with Gasteiger partial charge in [0, 0.05) is 10.0 Å². The molecule has 0 radical (unpaired) electrons. The zero-order valence-electron chi connectivity index (χ0n) is 8.18. The van der Waals surface area contributed by atoms with E-state index >= 15 is 0 Å². The molecule has 2 heteroatoms. The molecule has 0 bridgehead atoms. The maximum absolute atomic E-state index is 5.91. The van der Waals surface area contributed by atoms with Crippen molar-refractivity contribution in [2.24, 2.45) is 5.73 Å². The van der Waals surface area contributed by atoms with Gasteiger partial charge in [0.2, 0.25) is 0 Å². The van der Waals surface area contributed by atoms with Gasteiger partial charge in [0.05, 0.1) is 0 Å². The van der Waals surface area contributed by atoms with E-state index in [-0.39, 0.29) is 5.54 Å². The Morgan fingerprint density at radius 1 is 1.38 bits per heavy atom. The van der Waals surface area contributed by atoms with Crippen molar-refractivity contribution in [3.8, 4) is 0 Å². The molecule has 1 aromatic carbocycles. The highest BCUT2D eigenvalue weighted by atomic mass is 79.9. The molecule has 1 aromatic rings. The predicted molar refractivity (Wildman–Crippen MR) is 60.7 cm³/mol. The summed E-state index contributed by atoms with van der Waals surface area (Å²) in [5.41, 5.74) is 7.18. The highest BCUT2D eigenvalue weighted by molar-refractivity contribution is 9.10. The lowest BCUT2D eigenvalue weighted by Crippen LogP contribution is -2.32. The third kappa shape index (κ3) is 4.44. The van der Waals surface area contributed by atoms with E-state index in [0.29, 0.717) is 0 Å². The molecule has 0 unspecified atom stereocenters. The number of hydrogen-bond donors (Lipinski definition) is 1. The normalized spacial score (nSPS) is 11.7. The van der Waals surface area contributed by atoms with Gasteiger partial charge in [-0.2, -0.15) is 0 Å². The number of halogens is 1. The zero-order valence-corrected chi connectivity index (χ0v) is 9.76. The molecule has 0 spiro atoms. The van der Waals surface area contributed by atoms with Crippen molar-refractivity contribution in [3.63, 3.8) is 0 Å². The molecule has 72 valence electrons. The van der Waals surface area contributed by atoms with Crippen LogP contribution in [0.5, 0.6) is 0 Å². The van der Waals surface area contributed by atoms with E-state index in [9.17, 15) is 0 Å². The molecule has 0 aromatic heterocycles. The first-order chi connectivity index (χ1) is 5.97. The Kier molecular flexibility index (Phi) is 3.51. The molecule has 1 nitrogen and oxygen atoms in total. The fourth-order valence-electron chi connectivity index (χ4n) is 1.16. The summed E-state index contributed by atoms with van der Waals surface area (Å²) in [5, 5.41) is 0. The molecule has 0 atom stereocenters. The highest BCUT2D eigenvalue weighted by Crippen LogP contribution is 2.15. The Morgan fingerprint density at radius 3 is 2.62 bits per heavy atom. The summed E-state index contributed by atoms with van der Waals surface area (Å²) in [5.74, 6) is 0. The Hall–Kier alpha value is -0.340. The van der Waals surface area contributed by atoms with Crippen molar-refractivity contribution in [1.29, 1.82) is 0 Å². The predicted octanol–water partition coefficient (Wildman–Crippen LogP) is 3.12. The summed E-state index contributed by atoms with van der Waals surface area (Å²) in [4.78, 5) is 0. The van der Waals surface area contributed by atoms with Crippen LogP contribution in [0.1, 0.15) is 25.8 Å². The highest BCUT2D eigenvalue weighted by Gasteiger charge is 2.09. The van der Waals surface area contributed by atoms with E-state index in [1.54, 1.807) is 0 Å². The minimum Gasteiger partial charge on any atom is -0.326 e. The average Bonchev–Trinajstić information content (AvgIpc) is 2.00. The lowest BCUT2D eigenvalue weighted by atomic mass is 9.97.